The van der Waals surface area contributed by atoms with Crippen LogP contribution in [0.1, 0.15) is 21.5 Å². The minimum absolute atomic E-state index is 0.289. The van der Waals surface area contributed by atoms with Gasteiger partial charge in [0, 0.05) is 9.85 Å². The molecule has 1 atom stereocenters. The van der Waals surface area contributed by atoms with E-state index < -0.39 is 0 Å². The molecule has 0 aliphatic carbocycles. The van der Waals surface area contributed by atoms with Crippen LogP contribution in [0.25, 0.3) is 0 Å². The Bertz CT molecular complexity index is 551. The van der Waals surface area contributed by atoms with E-state index in [9.17, 15) is 0 Å². The van der Waals surface area contributed by atoms with Crippen molar-refractivity contribution in [2.45, 2.75) is 18.2 Å². The predicted molar refractivity (Wildman–Crippen MR) is 84.6 cm³/mol. The van der Waals surface area contributed by atoms with Crippen molar-refractivity contribution in [1.29, 1.82) is 0 Å². The summed E-state index contributed by atoms with van der Waals surface area (Å²) in [6.45, 7) is 2.03. The van der Waals surface area contributed by atoms with E-state index in [0.717, 1.165) is 22.8 Å². The van der Waals surface area contributed by atoms with Gasteiger partial charge in [-0.2, -0.15) is 0 Å². The number of halogens is 2. The average Bonchev–Trinajstić information content (AvgIpc) is 2.42. The molecule has 0 saturated heterocycles. The third-order valence-electron chi connectivity index (χ3n) is 3.12. The van der Waals surface area contributed by atoms with Crippen molar-refractivity contribution < 1.29 is 4.74 Å². The number of hydrogen-bond acceptors (Lipinski definition) is 1. The molecule has 0 N–H and O–H groups in total. The molecule has 1 unspecified atom stereocenters. The van der Waals surface area contributed by atoms with Crippen LogP contribution in [0.15, 0.2) is 42.5 Å². The van der Waals surface area contributed by atoms with Crippen LogP contribution in [0.3, 0.4) is 0 Å². The number of aryl methyl sites for hydroxylation is 1. The van der Waals surface area contributed by atoms with E-state index in [1.54, 1.807) is 7.11 Å². The SMILES string of the molecule is COc1ccc(CC(Br)c2ccc(Cl)c(C)c2)cc1. The minimum atomic E-state index is 0.289. The zero-order valence-electron chi connectivity index (χ0n) is 11.0. The zero-order valence-corrected chi connectivity index (χ0v) is 13.3. The lowest BCUT2D eigenvalue weighted by atomic mass is 10.0. The molecule has 0 aromatic heterocycles. The molecule has 19 heavy (non-hydrogen) atoms. The van der Waals surface area contributed by atoms with Gasteiger partial charge in [-0.05, 0) is 48.2 Å². The first-order chi connectivity index (χ1) is 9.10. The molecule has 2 aromatic rings. The van der Waals surface area contributed by atoms with Crippen molar-refractivity contribution in [3.05, 3.63) is 64.2 Å². The van der Waals surface area contributed by atoms with Gasteiger partial charge in [0.05, 0.1) is 7.11 Å². The molecule has 0 spiro atoms. The van der Waals surface area contributed by atoms with Gasteiger partial charge in [0.1, 0.15) is 5.75 Å². The largest absolute Gasteiger partial charge is 0.497 e. The molecule has 0 fully saturated rings. The van der Waals surface area contributed by atoms with Crippen LogP contribution in [0.5, 0.6) is 5.75 Å². The highest BCUT2D eigenvalue weighted by molar-refractivity contribution is 9.09. The molecule has 0 bridgehead atoms. The summed E-state index contributed by atoms with van der Waals surface area (Å²) in [5, 5.41) is 0.813. The van der Waals surface area contributed by atoms with Crippen molar-refractivity contribution in [3.63, 3.8) is 0 Å². The number of ether oxygens (including phenoxy) is 1. The maximum absolute atomic E-state index is 6.05. The van der Waals surface area contributed by atoms with E-state index in [-0.39, 0.29) is 4.83 Å². The molecule has 0 amide bonds. The van der Waals surface area contributed by atoms with Gasteiger partial charge in [0.15, 0.2) is 0 Å². The fraction of sp³-hybridized carbons (Fsp3) is 0.250. The number of hydrogen-bond donors (Lipinski definition) is 0. The maximum atomic E-state index is 6.05. The van der Waals surface area contributed by atoms with E-state index in [1.165, 1.54) is 11.1 Å². The van der Waals surface area contributed by atoms with Gasteiger partial charge in [-0.3, -0.25) is 0 Å². The van der Waals surface area contributed by atoms with E-state index in [1.807, 2.05) is 25.1 Å². The van der Waals surface area contributed by atoms with Gasteiger partial charge in [-0.1, -0.05) is 51.8 Å². The third-order valence-corrected chi connectivity index (χ3v) is 4.39. The first kappa shape index (κ1) is 14.4. The lowest BCUT2D eigenvalue weighted by Gasteiger charge is -2.12. The minimum Gasteiger partial charge on any atom is -0.497 e. The van der Waals surface area contributed by atoms with Crippen LogP contribution in [-0.2, 0) is 6.42 Å². The quantitative estimate of drug-likeness (QED) is 0.684. The standard InChI is InChI=1S/C16H16BrClO/c1-11-9-13(5-8-16(11)18)15(17)10-12-3-6-14(19-2)7-4-12/h3-9,15H,10H2,1-2H3. The zero-order chi connectivity index (χ0) is 13.8. The molecule has 0 radical (unpaired) electrons. The number of alkyl halides is 1. The first-order valence-electron chi connectivity index (χ1n) is 6.13. The van der Waals surface area contributed by atoms with Gasteiger partial charge in [0.25, 0.3) is 0 Å². The van der Waals surface area contributed by atoms with Gasteiger partial charge >= 0.3 is 0 Å². The number of rotatable bonds is 4. The maximum Gasteiger partial charge on any atom is 0.118 e. The Morgan fingerprint density at radius 1 is 1.16 bits per heavy atom. The second-order valence-corrected chi connectivity index (χ2v) is 6.04. The fourth-order valence-electron chi connectivity index (χ4n) is 1.95. The summed E-state index contributed by atoms with van der Waals surface area (Å²) >= 11 is 9.79. The Kier molecular flexibility index (Phi) is 4.89. The van der Waals surface area contributed by atoms with E-state index in [2.05, 4.69) is 40.2 Å². The predicted octanol–water partition coefficient (Wildman–Crippen LogP) is 5.34. The Balaban J connectivity index is 2.10. The fourth-order valence-corrected chi connectivity index (χ4v) is 2.73. The van der Waals surface area contributed by atoms with E-state index in [0.29, 0.717) is 0 Å². The Labute approximate surface area is 127 Å². The molecule has 100 valence electrons. The van der Waals surface area contributed by atoms with Crippen LogP contribution < -0.4 is 4.74 Å². The molecule has 0 heterocycles. The van der Waals surface area contributed by atoms with Gasteiger partial charge in [-0.25, -0.2) is 0 Å². The normalized spacial score (nSPS) is 12.2. The summed E-state index contributed by atoms with van der Waals surface area (Å²) < 4.78 is 5.16. The molecule has 1 nitrogen and oxygen atoms in total. The summed E-state index contributed by atoms with van der Waals surface area (Å²) in [5.41, 5.74) is 3.63. The molecule has 0 saturated carbocycles. The Morgan fingerprint density at radius 2 is 1.84 bits per heavy atom. The second-order valence-electron chi connectivity index (χ2n) is 4.53. The highest BCUT2D eigenvalue weighted by atomic mass is 79.9. The van der Waals surface area contributed by atoms with Crippen molar-refractivity contribution in [2.75, 3.05) is 7.11 Å². The monoisotopic (exact) mass is 338 g/mol. The molecule has 2 aromatic carbocycles. The van der Waals surface area contributed by atoms with Crippen molar-refractivity contribution in [1.82, 2.24) is 0 Å². The molecule has 2 rings (SSSR count). The Morgan fingerprint density at radius 3 is 2.42 bits per heavy atom. The topological polar surface area (TPSA) is 9.23 Å². The molecule has 0 aliphatic rings. The van der Waals surface area contributed by atoms with E-state index >= 15 is 0 Å². The van der Waals surface area contributed by atoms with E-state index in [4.69, 9.17) is 16.3 Å². The van der Waals surface area contributed by atoms with Gasteiger partial charge < -0.3 is 4.74 Å². The highest BCUT2D eigenvalue weighted by Crippen LogP contribution is 2.30. The summed E-state index contributed by atoms with van der Waals surface area (Å²) in [6.07, 6.45) is 0.936. The van der Waals surface area contributed by atoms with Crippen LogP contribution in [0, 0.1) is 6.92 Å². The summed E-state index contributed by atoms with van der Waals surface area (Å²) in [5.74, 6) is 0.886. The molecular weight excluding hydrogens is 324 g/mol. The average molecular weight is 340 g/mol. The molecule has 0 aliphatic heterocycles. The molecule has 3 heteroatoms. The van der Waals surface area contributed by atoms with Crippen LogP contribution >= 0.6 is 27.5 Å². The molecular formula is C16H16BrClO. The second kappa shape index (κ2) is 6.44. The van der Waals surface area contributed by atoms with Crippen LogP contribution in [0.4, 0.5) is 0 Å². The lowest BCUT2D eigenvalue weighted by Crippen LogP contribution is -1.96. The Hall–Kier alpha value is -0.990. The number of methoxy groups -OCH3 is 1. The van der Waals surface area contributed by atoms with Crippen molar-refractivity contribution in [2.24, 2.45) is 0 Å². The van der Waals surface area contributed by atoms with Crippen LogP contribution in [-0.4, -0.2) is 7.11 Å². The first-order valence-corrected chi connectivity index (χ1v) is 7.42. The van der Waals surface area contributed by atoms with Crippen LogP contribution in [0.2, 0.25) is 5.02 Å². The smallest absolute Gasteiger partial charge is 0.118 e. The number of benzene rings is 2. The van der Waals surface area contributed by atoms with Crippen molar-refractivity contribution >= 4 is 27.5 Å². The lowest BCUT2D eigenvalue weighted by molar-refractivity contribution is 0.414. The van der Waals surface area contributed by atoms with Gasteiger partial charge in [0.2, 0.25) is 0 Å². The van der Waals surface area contributed by atoms with Gasteiger partial charge in [-0.15, -0.1) is 0 Å². The van der Waals surface area contributed by atoms with Crippen molar-refractivity contribution in [3.8, 4) is 5.75 Å². The third kappa shape index (κ3) is 3.74. The summed E-state index contributed by atoms with van der Waals surface area (Å²) in [7, 11) is 1.68. The summed E-state index contributed by atoms with van der Waals surface area (Å²) in [6, 6.07) is 14.3. The summed E-state index contributed by atoms with van der Waals surface area (Å²) in [4.78, 5) is 0.289. The highest BCUT2D eigenvalue weighted by Gasteiger charge is 2.10.